The highest BCUT2D eigenvalue weighted by molar-refractivity contribution is 6.32. The Morgan fingerprint density at radius 3 is 3.21 bits per heavy atom. The third kappa shape index (κ3) is 1.18. The largest absolute Gasteiger partial charge is 0.301 e. The van der Waals surface area contributed by atoms with Crippen LogP contribution in [0.1, 0.15) is 6.42 Å². The molecule has 3 unspecified atom stereocenters. The SMILES string of the molecule is ClC1=CCC2NCNC3C=CC=C1C32. The van der Waals surface area contributed by atoms with Gasteiger partial charge in [0.15, 0.2) is 0 Å². The fourth-order valence-electron chi connectivity index (χ4n) is 2.62. The van der Waals surface area contributed by atoms with Gasteiger partial charge in [-0.1, -0.05) is 35.9 Å². The van der Waals surface area contributed by atoms with E-state index in [4.69, 9.17) is 11.6 Å². The van der Waals surface area contributed by atoms with E-state index in [2.05, 4.69) is 34.9 Å². The van der Waals surface area contributed by atoms with Crippen molar-refractivity contribution in [2.24, 2.45) is 5.92 Å². The Balaban J connectivity index is 2.04. The summed E-state index contributed by atoms with van der Waals surface area (Å²) in [6, 6.07) is 1.02. The molecule has 0 saturated carbocycles. The van der Waals surface area contributed by atoms with Crippen LogP contribution in [0.15, 0.2) is 34.9 Å². The molecule has 0 aromatic rings. The molecule has 0 spiro atoms. The number of hydrogen-bond donors (Lipinski definition) is 2. The number of nitrogens with one attached hydrogen (secondary N) is 2. The van der Waals surface area contributed by atoms with Crippen LogP contribution >= 0.6 is 11.6 Å². The molecule has 2 aliphatic carbocycles. The van der Waals surface area contributed by atoms with Crippen LogP contribution < -0.4 is 10.6 Å². The number of allylic oxidation sites excluding steroid dienone is 3. The molecule has 1 heterocycles. The lowest BCUT2D eigenvalue weighted by Gasteiger charge is -2.43. The van der Waals surface area contributed by atoms with Gasteiger partial charge in [-0.3, -0.25) is 5.32 Å². The normalized spacial score (nSPS) is 39.9. The molecular formula is C11H13ClN2. The first-order valence-electron chi connectivity index (χ1n) is 5.07. The van der Waals surface area contributed by atoms with Gasteiger partial charge < -0.3 is 5.32 Å². The van der Waals surface area contributed by atoms with E-state index in [-0.39, 0.29) is 0 Å². The highest BCUT2D eigenvalue weighted by Gasteiger charge is 2.37. The molecule has 0 aromatic heterocycles. The van der Waals surface area contributed by atoms with Gasteiger partial charge in [-0.15, -0.1) is 0 Å². The first-order chi connectivity index (χ1) is 6.86. The highest BCUT2D eigenvalue weighted by Crippen LogP contribution is 2.38. The van der Waals surface area contributed by atoms with Crippen LogP contribution in [-0.2, 0) is 0 Å². The molecule has 2 nitrogen and oxygen atoms in total. The molecule has 1 fully saturated rings. The molecule has 3 heteroatoms. The second-order valence-electron chi connectivity index (χ2n) is 4.04. The first-order valence-corrected chi connectivity index (χ1v) is 5.45. The fourth-order valence-corrected chi connectivity index (χ4v) is 2.90. The summed E-state index contributed by atoms with van der Waals surface area (Å²) in [6.45, 7) is 0.898. The summed E-state index contributed by atoms with van der Waals surface area (Å²) < 4.78 is 0. The van der Waals surface area contributed by atoms with Crippen molar-refractivity contribution >= 4 is 11.6 Å². The van der Waals surface area contributed by atoms with Crippen molar-refractivity contribution in [1.82, 2.24) is 10.6 Å². The van der Waals surface area contributed by atoms with Gasteiger partial charge in [0.05, 0.1) is 0 Å². The van der Waals surface area contributed by atoms with E-state index in [0.29, 0.717) is 18.0 Å². The van der Waals surface area contributed by atoms with Crippen LogP contribution in [0.3, 0.4) is 0 Å². The number of halogens is 1. The zero-order chi connectivity index (χ0) is 9.54. The monoisotopic (exact) mass is 208 g/mol. The van der Waals surface area contributed by atoms with Gasteiger partial charge in [0.2, 0.25) is 0 Å². The van der Waals surface area contributed by atoms with Gasteiger partial charge in [-0.2, -0.15) is 0 Å². The second kappa shape index (κ2) is 3.23. The Hall–Kier alpha value is -0.570. The molecular weight excluding hydrogens is 196 g/mol. The molecule has 3 aliphatic rings. The van der Waals surface area contributed by atoms with E-state index in [1.54, 1.807) is 0 Å². The van der Waals surface area contributed by atoms with Crippen molar-refractivity contribution in [2.75, 3.05) is 6.67 Å². The van der Waals surface area contributed by atoms with E-state index in [1.165, 1.54) is 5.57 Å². The third-order valence-corrected chi connectivity index (χ3v) is 3.68. The minimum absolute atomic E-state index is 0.462. The van der Waals surface area contributed by atoms with Crippen molar-refractivity contribution in [1.29, 1.82) is 0 Å². The Morgan fingerprint density at radius 2 is 2.29 bits per heavy atom. The first kappa shape index (κ1) is 8.72. The zero-order valence-electron chi connectivity index (χ0n) is 7.83. The van der Waals surface area contributed by atoms with E-state index in [1.807, 2.05) is 0 Å². The smallest absolute Gasteiger partial charge is 0.0461 e. The maximum atomic E-state index is 6.21. The summed E-state index contributed by atoms with van der Waals surface area (Å²) in [7, 11) is 0. The molecule has 3 atom stereocenters. The van der Waals surface area contributed by atoms with Gasteiger partial charge in [-0.25, -0.2) is 0 Å². The van der Waals surface area contributed by atoms with Gasteiger partial charge in [-0.05, 0) is 12.0 Å². The van der Waals surface area contributed by atoms with Crippen molar-refractivity contribution in [3.63, 3.8) is 0 Å². The Labute approximate surface area is 88.7 Å². The molecule has 74 valence electrons. The molecule has 0 amide bonds. The van der Waals surface area contributed by atoms with E-state index in [9.17, 15) is 0 Å². The van der Waals surface area contributed by atoms with Crippen LogP contribution in [0.2, 0.25) is 0 Å². The standard InChI is InChI=1S/C11H13ClN2/c12-8-4-5-10-11-7(8)2-1-3-9(11)13-6-14-10/h1-4,9-11,13-14H,5-6H2. The zero-order valence-corrected chi connectivity index (χ0v) is 8.59. The minimum atomic E-state index is 0.462. The van der Waals surface area contributed by atoms with Crippen molar-refractivity contribution in [2.45, 2.75) is 18.5 Å². The fraction of sp³-hybridized carbons (Fsp3) is 0.455. The van der Waals surface area contributed by atoms with Crippen molar-refractivity contribution < 1.29 is 0 Å². The Bertz CT molecular complexity index is 343. The van der Waals surface area contributed by atoms with Crippen molar-refractivity contribution in [3.8, 4) is 0 Å². The van der Waals surface area contributed by atoms with Crippen molar-refractivity contribution in [3.05, 3.63) is 34.9 Å². The van der Waals surface area contributed by atoms with Gasteiger partial charge >= 0.3 is 0 Å². The highest BCUT2D eigenvalue weighted by atomic mass is 35.5. The summed E-state index contributed by atoms with van der Waals surface area (Å²) in [4.78, 5) is 0. The third-order valence-electron chi connectivity index (χ3n) is 3.30. The Kier molecular flexibility index (Phi) is 2.01. The lowest BCUT2D eigenvalue weighted by molar-refractivity contribution is 0.265. The maximum Gasteiger partial charge on any atom is 0.0461 e. The molecule has 0 radical (unpaired) electrons. The summed E-state index contributed by atoms with van der Waals surface area (Å²) in [5.41, 5.74) is 1.29. The van der Waals surface area contributed by atoms with Gasteiger partial charge in [0, 0.05) is 29.7 Å². The quantitative estimate of drug-likeness (QED) is 0.631. The molecule has 3 rings (SSSR count). The number of hydrogen-bond acceptors (Lipinski definition) is 2. The van der Waals surface area contributed by atoms with Crippen LogP contribution in [0.5, 0.6) is 0 Å². The molecule has 0 bridgehead atoms. The predicted octanol–water partition coefficient (Wildman–Crippen LogP) is 1.51. The van der Waals surface area contributed by atoms with Crippen LogP contribution in [0, 0.1) is 5.92 Å². The summed E-state index contributed by atoms with van der Waals surface area (Å²) >= 11 is 6.21. The van der Waals surface area contributed by atoms with Gasteiger partial charge in [0.1, 0.15) is 0 Å². The average molecular weight is 209 g/mol. The summed E-state index contributed by atoms with van der Waals surface area (Å²) in [6.07, 6.45) is 9.65. The maximum absolute atomic E-state index is 6.21. The molecule has 2 N–H and O–H groups in total. The lowest BCUT2D eigenvalue weighted by Crippen LogP contribution is -2.58. The average Bonchev–Trinajstić information content (AvgIpc) is 2.24. The van der Waals surface area contributed by atoms with E-state index >= 15 is 0 Å². The molecule has 14 heavy (non-hydrogen) atoms. The van der Waals surface area contributed by atoms with Crippen LogP contribution in [0.4, 0.5) is 0 Å². The minimum Gasteiger partial charge on any atom is -0.301 e. The van der Waals surface area contributed by atoms with Gasteiger partial charge in [0.25, 0.3) is 0 Å². The lowest BCUT2D eigenvalue weighted by atomic mass is 9.76. The van der Waals surface area contributed by atoms with E-state index in [0.717, 1.165) is 18.1 Å². The second-order valence-corrected chi connectivity index (χ2v) is 4.44. The Morgan fingerprint density at radius 1 is 1.36 bits per heavy atom. The summed E-state index contributed by atoms with van der Waals surface area (Å²) in [5, 5.41) is 7.86. The number of rotatable bonds is 0. The van der Waals surface area contributed by atoms with E-state index < -0.39 is 0 Å². The summed E-state index contributed by atoms with van der Waals surface area (Å²) in [5.74, 6) is 0.520. The molecule has 0 aromatic carbocycles. The predicted molar refractivity (Wildman–Crippen MR) is 58.0 cm³/mol. The molecule has 1 aliphatic heterocycles. The topological polar surface area (TPSA) is 24.1 Å². The van der Waals surface area contributed by atoms with Crippen LogP contribution in [-0.4, -0.2) is 18.8 Å². The molecule has 1 saturated heterocycles. The van der Waals surface area contributed by atoms with Crippen LogP contribution in [0.25, 0.3) is 0 Å².